The van der Waals surface area contributed by atoms with Gasteiger partial charge in [-0.15, -0.1) is 0 Å². The maximum Gasteiger partial charge on any atom is 0.251 e. The van der Waals surface area contributed by atoms with Crippen molar-refractivity contribution in [2.45, 2.75) is 31.8 Å². The predicted octanol–water partition coefficient (Wildman–Crippen LogP) is 2.87. The number of hydrogen-bond donors (Lipinski definition) is 3. The fraction of sp³-hybridized carbons (Fsp3) is 0.364. The van der Waals surface area contributed by atoms with Gasteiger partial charge >= 0.3 is 0 Å². The first-order valence-corrected chi connectivity index (χ1v) is 9.64. The van der Waals surface area contributed by atoms with Gasteiger partial charge in [0.15, 0.2) is 0 Å². The van der Waals surface area contributed by atoms with Gasteiger partial charge in [0.05, 0.1) is 5.92 Å². The van der Waals surface area contributed by atoms with Crippen LogP contribution < -0.4 is 16.4 Å². The summed E-state index contributed by atoms with van der Waals surface area (Å²) < 4.78 is 5.30. The SMILES string of the molecule is CC(C(=O)Nc1ccc(C(=O)NC2CCOCC2)cc1)C(N)c1ccccc1. The highest BCUT2D eigenvalue weighted by Gasteiger charge is 2.22. The Morgan fingerprint density at radius 2 is 1.68 bits per heavy atom. The van der Waals surface area contributed by atoms with Crippen LogP contribution >= 0.6 is 0 Å². The third-order valence-corrected chi connectivity index (χ3v) is 5.11. The van der Waals surface area contributed by atoms with Gasteiger partial charge in [0.2, 0.25) is 5.91 Å². The first-order valence-electron chi connectivity index (χ1n) is 9.64. The summed E-state index contributed by atoms with van der Waals surface area (Å²) in [4.78, 5) is 24.9. The molecule has 6 heteroatoms. The minimum Gasteiger partial charge on any atom is -0.381 e. The van der Waals surface area contributed by atoms with Crippen LogP contribution in [-0.2, 0) is 9.53 Å². The molecule has 2 atom stereocenters. The molecule has 0 radical (unpaired) electrons. The van der Waals surface area contributed by atoms with Crippen molar-refractivity contribution >= 4 is 17.5 Å². The van der Waals surface area contributed by atoms with Crippen LogP contribution in [0.2, 0.25) is 0 Å². The summed E-state index contributed by atoms with van der Waals surface area (Å²) >= 11 is 0. The molecule has 2 aromatic rings. The first-order chi connectivity index (χ1) is 13.5. The molecule has 0 saturated carbocycles. The molecule has 2 amide bonds. The topological polar surface area (TPSA) is 93.5 Å². The van der Waals surface area contributed by atoms with Crippen LogP contribution in [0, 0.1) is 5.92 Å². The van der Waals surface area contributed by atoms with E-state index in [0.29, 0.717) is 24.5 Å². The number of carbonyl (C=O) groups is 2. The van der Waals surface area contributed by atoms with Crippen LogP contribution in [0.25, 0.3) is 0 Å². The molecular formula is C22H27N3O3. The molecule has 0 aromatic heterocycles. The number of hydrogen-bond acceptors (Lipinski definition) is 4. The Labute approximate surface area is 165 Å². The van der Waals surface area contributed by atoms with E-state index >= 15 is 0 Å². The molecule has 1 heterocycles. The van der Waals surface area contributed by atoms with Crippen molar-refractivity contribution in [3.63, 3.8) is 0 Å². The molecule has 2 aromatic carbocycles. The van der Waals surface area contributed by atoms with Gasteiger partial charge in [-0.25, -0.2) is 0 Å². The van der Waals surface area contributed by atoms with Crippen LogP contribution in [0.3, 0.4) is 0 Å². The highest BCUT2D eigenvalue weighted by atomic mass is 16.5. The molecule has 0 spiro atoms. The lowest BCUT2D eigenvalue weighted by molar-refractivity contribution is -0.120. The van der Waals surface area contributed by atoms with Gasteiger partial charge in [-0.1, -0.05) is 37.3 Å². The highest BCUT2D eigenvalue weighted by Crippen LogP contribution is 2.21. The largest absolute Gasteiger partial charge is 0.381 e. The zero-order valence-corrected chi connectivity index (χ0v) is 16.1. The standard InChI is InChI=1S/C22H27N3O3/c1-15(20(23)16-5-3-2-4-6-16)21(26)24-18-9-7-17(8-10-18)22(27)25-19-11-13-28-14-12-19/h2-10,15,19-20H,11-14,23H2,1H3,(H,24,26)(H,25,27). The van der Waals surface area contributed by atoms with E-state index in [4.69, 9.17) is 10.5 Å². The normalized spacial score (nSPS) is 16.8. The van der Waals surface area contributed by atoms with Gasteiger partial charge in [-0.3, -0.25) is 9.59 Å². The number of anilines is 1. The molecule has 1 aliphatic rings. The van der Waals surface area contributed by atoms with Crippen LogP contribution in [0.1, 0.15) is 41.7 Å². The zero-order chi connectivity index (χ0) is 19.9. The summed E-state index contributed by atoms with van der Waals surface area (Å²) in [6.45, 7) is 3.17. The summed E-state index contributed by atoms with van der Waals surface area (Å²) in [5.41, 5.74) is 8.35. The van der Waals surface area contributed by atoms with Crippen molar-refractivity contribution in [1.82, 2.24) is 5.32 Å². The fourth-order valence-corrected chi connectivity index (χ4v) is 3.20. The van der Waals surface area contributed by atoms with Crippen LogP contribution in [0.15, 0.2) is 54.6 Å². The lowest BCUT2D eigenvalue weighted by Crippen LogP contribution is -2.38. The van der Waals surface area contributed by atoms with Crippen molar-refractivity contribution in [2.75, 3.05) is 18.5 Å². The second kappa shape index (κ2) is 9.48. The number of rotatable bonds is 6. The smallest absolute Gasteiger partial charge is 0.251 e. The highest BCUT2D eigenvalue weighted by molar-refractivity contribution is 5.96. The summed E-state index contributed by atoms with van der Waals surface area (Å²) in [6, 6.07) is 16.2. The average Bonchev–Trinajstić information content (AvgIpc) is 2.74. The maximum absolute atomic E-state index is 12.5. The lowest BCUT2D eigenvalue weighted by atomic mass is 9.94. The van der Waals surface area contributed by atoms with E-state index in [1.54, 1.807) is 24.3 Å². The van der Waals surface area contributed by atoms with Crippen molar-refractivity contribution < 1.29 is 14.3 Å². The molecule has 3 rings (SSSR count). The molecule has 148 valence electrons. The number of amides is 2. The Morgan fingerprint density at radius 1 is 1.04 bits per heavy atom. The number of carbonyl (C=O) groups excluding carboxylic acids is 2. The quantitative estimate of drug-likeness (QED) is 0.717. The van der Waals surface area contributed by atoms with E-state index in [9.17, 15) is 9.59 Å². The third kappa shape index (κ3) is 5.18. The number of nitrogens with one attached hydrogen (secondary N) is 2. The van der Waals surface area contributed by atoms with Crippen molar-refractivity contribution in [3.05, 3.63) is 65.7 Å². The molecule has 4 N–H and O–H groups in total. The zero-order valence-electron chi connectivity index (χ0n) is 16.1. The second-order valence-electron chi connectivity index (χ2n) is 7.15. The maximum atomic E-state index is 12.5. The van der Waals surface area contributed by atoms with Crippen LogP contribution in [0.5, 0.6) is 0 Å². The van der Waals surface area contributed by atoms with Crippen LogP contribution in [0.4, 0.5) is 5.69 Å². The van der Waals surface area contributed by atoms with E-state index in [2.05, 4.69) is 10.6 Å². The van der Waals surface area contributed by atoms with Gasteiger partial charge in [0.25, 0.3) is 5.91 Å². The second-order valence-corrected chi connectivity index (χ2v) is 7.15. The average molecular weight is 381 g/mol. The molecular weight excluding hydrogens is 354 g/mol. The number of nitrogens with two attached hydrogens (primary N) is 1. The molecule has 1 fully saturated rings. The Kier molecular flexibility index (Phi) is 6.79. The van der Waals surface area contributed by atoms with E-state index in [1.807, 2.05) is 37.3 Å². The minimum atomic E-state index is -0.390. The van der Waals surface area contributed by atoms with Gasteiger partial charge in [-0.05, 0) is 42.7 Å². The van der Waals surface area contributed by atoms with Gasteiger partial charge in [-0.2, -0.15) is 0 Å². The van der Waals surface area contributed by atoms with Crippen LogP contribution in [-0.4, -0.2) is 31.1 Å². The third-order valence-electron chi connectivity index (χ3n) is 5.11. The number of ether oxygens (including phenoxy) is 1. The first kappa shape index (κ1) is 20.0. The van der Waals surface area contributed by atoms with Crippen molar-refractivity contribution in [1.29, 1.82) is 0 Å². The lowest BCUT2D eigenvalue weighted by Gasteiger charge is -2.23. The summed E-state index contributed by atoms with van der Waals surface area (Å²) in [7, 11) is 0. The Morgan fingerprint density at radius 3 is 2.32 bits per heavy atom. The van der Waals surface area contributed by atoms with E-state index in [1.165, 1.54) is 0 Å². The van der Waals surface area contributed by atoms with Crippen molar-refractivity contribution in [2.24, 2.45) is 11.7 Å². The molecule has 1 saturated heterocycles. The predicted molar refractivity (Wildman–Crippen MR) is 109 cm³/mol. The van der Waals surface area contributed by atoms with Gasteiger partial charge < -0.3 is 21.1 Å². The molecule has 0 aliphatic carbocycles. The summed E-state index contributed by atoms with van der Waals surface area (Å²) in [6.07, 6.45) is 1.67. The molecule has 28 heavy (non-hydrogen) atoms. The fourth-order valence-electron chi connectivity index (χ4n) is 3.20. The monoisotopic (exact) mass is 381 g/mol. The molecule has 2 unspecified atom stereocenters. The van der Waals surface area contributed by atoms with E-state index < -0.39 is 0 Å². The minimum absolute atomic E-state index is 0.107. The summed E-state index contributed by atoms with van der Waals surface area (Å²) in [5.74, 6) is -0.654. The molecule has 6 nitrogen and oxygen atoms in total. The van der Waals surface area contributed by atoms with E-state index in [-0.39, 0.29) is 29.8 Å². The van der Waals surface area contributed by atoms with Crippen molar-refractivity contribution in [3.8, 4) is 0 Å². The number of benzene rings is 2. The van der Waals surface area contributed by atoms with E-state index in [0.717, 1.165) is 18.4 Å². The molecule has 1 aliphatic heterocycles. The Balaban J connectivity index is 1.55. The Bertz CT molecular complexity index is 786. The summed E-state index contributed by atoms with van der Waals surface area (Å²) in [5, 5.41) is 5.90. The Hall–Kier alpha value is -2.70. The molecule has 0 bridgehead atoms. The van der Waals surface area contributed by atoms with Gasteiger partial charge in [0, 0.05) is 36.5 Å². The van der Waals surface area contributed by atoms with Gasteiger partial charge in [0.1, 0.15) is 0 Å².